The number of nitrogens with zero attached hydrogens (tertiary/aromatic N) is 1. The number of hydrogen-bond donors (Lipinski definition) is 1. The van der Waals surface area contributed by atoms with Gasteiger partial charge in [0.05, 0.1) is 50.6 Å². The molecule has 2 aromatic carbocycles. The van der Waals surface area contributed by atoms with E-state index in [1.807, 2.05) is 0 Å². The van der Waals surface area contributed by atoms with Crippen molar-refractivity contribution in [2.75, 3.05) is 48.7 Å². The lowest BCUT2D eigenvalue weighted by atomic mass is 9.94. The fourth-order valence-electron chi connectivity index (χ4n) is 4.13. The Labute approximate surface area is 208 Å². The van der Waals surface area contributed by atoms with Crippen molar-refractivity contribution < 1.29 is 38.4 Å². The molecule has 1 unspecified atom stereocenters. The van der Waals surface area contributed by atoms with Crippen LogP contribution >= 0.6 is 11.6 Å². The van der Waals surface area contributed by atoms with Gasteiger partial charge in [0.15, 0.2) is 11.5 Å². The van der Waals surface area contributed by atoms with Gasteiger partial charge in [0, 0.05) is 31.9 Å². The Balaban J connectivity index is 2.31. The van der Waals surface area contributed by atoms with Gasteiger partial charge in [0.25, 0.3) is 11.7 Å². The molecular formula is C25H28ClNO8. The van der Waals surface area contributed by atoms with Crippen LogP contribution in [0.1, 0.15) is 23.6 Å². The molecular weight excluding hydrogens is 478 g/mol. The molecule has 0 aliphatic carbocycles. The number of halogens is 1. The molecule has 1 N–H and O–H groups in total. The van der Waals surface area contributed by atoms with Crippen LogP contribution < -0.4 is 18.9 Å². The summed E-state index contributed by atoms with van der Waals surface area (Å²) in [7, 11) is 7.33. The molecule has 0 spiro atoms. The van der Waals surface area contributed by atoms with Crippen LogP contribution in [0.5, 0.6) is 23.0 Å². The first kappa shape index (κ1) is 26.2. The molecule has 0 radical (unpaired) electrons. The summed E-state index contributed by atoms with van der Waals surface area (Å²) in [6.45, 7) is 0.592. The molecule has 3 rings (SSSR count). The highest BCUT2D eigenvalue weighted by Crippen LogP contribution is 2.47. The van der Waals surface area contributed by atoms with Crippen molar-refractivity contribution in [1.29, 1.82) is 0 Å². The molecule has 0 saturated carbocycles. The number of hydrogen-bond acceptors (Lipinski definition) is 8. The van der Waals surface area contributed by atoms with Gasteiger partial charge in [-0.25, -0.2) is 0 Å². The summed E-state index contributed by atoms with van der Waals surface area (Å²) in [4.78, 5) is 27.9. The van der Waals surface area contributed by atoms with Gasteiger partial charge in [-0.3, -0.25) is 9.59 Å². The monoisotopic (exact) mass is 505 g/mol. The highest BCUT2D eigenvalue weighted by molar-refractivity contribution is 6.46. The molecule has 1 atom stereocenters. The molecule has 2 aromatic rings. The fraction of sp³-hybridized carbons (Fsp3) is 0.360. The summed E-state index contributed by atoms with van der Waals surface area (Å²) in [5, 5.41) is 11.7. The molecule has 1 heterocycles. The lowest BCUT2D eigenvalue weighted by Crippen LogP contribution is -2.31. The van der Waals surface area contributed by atoms with Gasteiger partial charge in [-0.2, -0.15) is 0 Å². The lowest BCUT2D eigenvalue weighted by molar-refractivity contribution is -0.140. The van der Waals surface area contributed by atoms with Crippen molar-refractivity contribution in [1.82, 2.24) is 4.90 Å². The van der Waals surface area contributed by atoms with Crippen molar-refractivity contribution in [2.45, 2.75) is 12.5 Å². The van der Waals surface area contributed by atoms with Crippen molar-refractivity contribution >= 4 is 29.1 Å². The van der Waals surface area contributed by atoms with Gasteiger partial charge in [0.1, 0.15) is 17.3 Å². The highest BCUT2D eigenvalue weighted by atomic mass is 35.5. The number of methoxy groups -OCH3 is 5. The Hall–Kier alpha value is -3.43. The molecule has 1 aliphatic rings. The third kappa shape index (κ3) is 4.87. The fourth-order valence-corrected chi connectivity index (χ4v) is 4.36. The smallest absolute Gasteiger partial charge is 0.295 e. The van der Waals surface area contributed by atoms with Crippen LogP contribution in [0.4, 0.5) is 0 Å². The number of ether oxygens (including phenoxy) is 5. The normalized spacial score (nSPS) is 17.0. The van der Waals surface area contributed by atoms with E-state index in [-0.39, 0.29) is 34.2 Å². The van der Waals surface area contributed by atoms with E-state index in [0.717, 1.165) is 0 Å². The first-order valence-corrected chi connectivity index (χ1v) is 11.1. The number of Topliss-reactive ketones (excluding diaryl/α,β-unsaturated/α-hetero) is 1. The second-order valence-corrected chi connectivity index (χ2v) is 8.02. The molecule has 188 valence electrons. The summed E-state index contributed by atoms with van der Waals surface area (Å²) in [5.41, 5.74) is 0.502. The number of rotatable bonds is 10. The third-order valence-electron chi connectivity index (χ3n) is 5.74. The van der Waals surface area contributed by atoms with E-state index < -0.39 is 23.5 Å². The second kappa shape index (κ2) is 11.3. The van der Waals surface area contributed by atoms with E-state index in [1.165, 1.54) is 45.5 Å². The van der Waals surface area contributed by atoms with Gasteiger partial charge in [-0.15, -0.1) is 0 Å². The Morgan fingerprint density at radius 3 is 2.26 bits per heavy atom. The minimum Gasteiger partial charge on any atom is -0.507 e. The van der Waals surface area contributed by atoms with E-state index in [1.54, 1.807) is 25.3 Å². The Bertz CT molecular complexity index is 1150. The SMILES string of the molecule is COCCCN1C(=O)C(=O)/C(=C(/O)c2cc(OC)c(Cl)cc2OC)C1c1cccc(OC)c1OC. The number of carbonyl (C=O) groups is 2. The first-order valence-electron chi connectivity index (χ1n) is 10.7. The summed E-state index contributed by atoms with van der Waals surface area (Å²) < 4.78 is 26.8. The number of carbonyl (C=O) groups excluding carboxylic acids is 2. The zero-order valence-electron chi connectivity index (χ0n) is 20.2. The predicted molar refractivity (Wildman–Crippen MR) is 130 cm³/mol. The number of ketones is 1. The van der Waals surface area contributed by atoms with Crippen molar-refractivity contribution in [3.63, 3.8) is 0 Å². The summed E-state index contributed by atoms with van der Waals surface area (Å²) in [6.07, 6.45) is 0.477. The molecule has 1 aliphatic heterocycles. The minimum atomic E-state index is -0.955. The molecule has 35 heavy (non-hydrogen) atoms. The van der Waals surface area contributed by atoms with Gasteiger partial charge in [0.2, 0.25) is 0 Å². The number of amides is 1. The van der Waals surface area contributed by atoms with Crippen LogP contribution in [0, 0.1) is 0 Å². The van der Waals surface area contributed by atoms with Gasteiger partial charge in [-0.05, 0) is 18.6 Å². The molecule has 1 saturated heterocycles. The zero-order chi connectivity index (χ0) is 25.7. The summed E-state index contributed by atoms with van der Waals surface area (Å²) in [6, 6.07) is 7.10. The van der Waals surface area contributed by atoms with E-state index in [4.69, 9.17) is 35.3 Å². The lowest BCUT2D eigenvalue weighted by Gasteiger charge is -2.27. The average molecular weight is 506 g/mol. The molecule has 0 bridgehead atoms. The second-order valence-electron chi connectivity index (χ2n) is 7.61. The quantitative estimate of drug-likeness (QED) is 0.225. The van der Waals surface area contributed by atoms with Gasteiger partial charge >= 0.3 is 0 Å². The largest absolute Gasteiger partial charge is 0.507 e. The average Bonchev–Trinajstić information content (AvgIpc) is 3.12. The maximum Gasteiger partial charge on any atom is 0.295 e. The molecule has 9 nitrogen and oxygen atoms in total. The van der Waals surface area contributed by atoms with Gasteiger partial charge < -0.3 is 33.7 Å². The number of likely N-dealkylation sites (tertiary alicyclic amines) is 1. The molecule has 0 aromatic heterocycles. The van der Waals surface area contributed by atoms with Crippen LogP contribution in [0.15, 0.2) is 35.9 Å². The standard InChI is InChI=1S/C25H28ClNO8/c1-31-11-7-10-27-21(14-8-6-9-17(32-2)24(14)35-5)20(23(29)25(27)30)22(28)15-12-19(34-4)16(26)13-18(15)33-3/h6,8-9,12-13,21,28H,7,10-11H2,1-5H3/b22-20+. The number of para-hydroxylation sites is 1. The van der Waals surface area contributed by atoms with Crippen LogP contribution in [0.25, 0.3) is 5.76 Å². The van der Waals surface area contributed by atoms with Crippen molar-refractivity contribution in [3.05, 3.63) is 52.1 Å². The van der Waals surface area contributed by atoms with Gasteiger partial charge in [-0.1, -0.05) is 23.7 Å². The number of aliphatic hydroxyl groups is 1. The topological polar surface area (TPSA) is 104 Å². The summed E-state index contributed by atoms with van der Waals surface area (Å²) >= 11 is 6.21. The maximum absolute atomic E-state index is 13.3. The Morgan fingerprint density at radius 2 is 1.66 bits per heavy atom. The zero-order valence-corrected chi connectivity index (χ0v) is 21.0. The van der Waals surface area contributed by atoms with Crippen LogP contribution in [0.2, 0.25) is 5.02 Å². The van der Waals surface area contributed by atoms with E-state index in [9.17, 15) is 14.7 Å². The van der Waals surface area contributed by atoms with Crippen LogP contribution in [-0.2, 0) is 14.3 Å². The third-order valence-corrected chi connectivity index (χ3v) is 6.04. The predicted octanol–water partition coefficient (Wildman–Crippen LogP) is 3.83. The molecule has 10 heteroatoms. The maximum atomic E-state index is 13.3. The highest BCUT2D eigenvalue weighted by Gasteiger charge is 2.47. The minimum absolute atomic E-state index is 0.123. The van der Waals surface area contributed by atoms with Crippen molar-refractivity contribution in [2.24, 2.45) is 0 Å². The van der Waals surface area contributed by atoms with E-state index >= 15 is 0 Å². The molecule has 1 amide bonds. The van der Waals surface area contributed by atoms with Crippen LogP contribution in [0.3, 0.4) is 0 Å². The number of aliphatic hydroxyl groups excluding tert-OH is 1. The van der Waals surface area contributed by atoms with Crippen LogP contribution in [-0.4, -0.2) is 70.4 Å². The Kier molecular flexibility index (Phi) is 8.48. The Morgan fingerprint density at radius 1 is 0.971 bits per heavy atom. The number of benzene rings is 2. The summed E-state index contributed by atoms with van der Waals surface area (Å²) in [5.74, 6) is -0.806. The first-order chi connectivity index (χ1) is 16.8. The van der Waals surface area contributed by atoms with Crippen molar-refractivity contribution in [3.8, 4) is 23.0 Å². The van der Waals surface area contributed by atoms with E-state index in [0.29, 0.717) is 30.1 Å². The van der Waals surface area contributed by atoms with E-state index in [2.05, 4.69) is 0 Å². The molecule has 1 fully saturated rings.